The number of hydrogen-bond acceptors (Lipinski definition) is 9. The summed E-state index contributed by atoms with van der Waals surface area (Å²) in [5.41, 5.74) is -2.13. The van der Waals surface area contributed by atoms with Crippen LogP contribution >= 0.6 is 11.3 Å². The van der Waals surface area contributed by atoms with Crippen molar-refractivity contribution < 1.29 is 35.8 Å². The minimum Gasteiger partial charge on any atom is -0.497 e. The summed E-state index contributed by atoms with van der Waals surface area (Å²) in [4.78, 5) is 18.3. The van der Waals surface area contributed by atoms with Gasteiger partial charge in [-0.25, -0.2) is 9.67 Å². The Labute approximate surface area is 250 Å². The molecule has 5 rings (SSSR count). The molecule has 1 atom stereocenters. The fraction of sp³-hybridized carbons (Fsp3) is 0.407. The van der Waals surface area contributed by atoms with Gasteiger partial charge < -0.3 is 19.7 Å². The molecular weight excluding hydrogens is 616 g/mol. The second-order valence-electron chi connectivity index (χ2n) is 10.1. The van der Waals surface area contributed by atoms with Crippen LogP contribution in [0.1, 0.15) is 35.1 Å². The van der Waals surface area contributed by atoms with Crippen LogP contribution in [0.3, 0.4) is 0 Å². The number of anilines is 2. The summed E-state index contributed by atoms with van der Waals surface area (Å²) < 4.78 is 93.9. The van der Waals surface area contributed by atoms with E-state index in [1.165, 1.54) is 7.11 Å². The van der Waals surface area contributed by atoms with E-state index in [0.29, 0.717) is 36.6 Å². The Morgan fingerprint density at radius 2 is 1.84 bits per heavy atom. The third-order valence-electron chi connectivity index (χ3n) is 6.74. The summed E-state index contributed by atoms with van der Waals surface area (Å²) in [7, 11) is 1.49. The summed E-state index contributed by atoms with van der Waals surface area (Å²) >= 11 is 0.921. The lowest BCUT2D eigenvalue weighted by Crippen LogP contribution is -2.34. The molecular formula is C27H27F6N7O3S. The number of halogens is 6. The third kappa shape index (κ3) is 7.15. The lowest BCUT2D eigenvalue weighted by molar-refractivity contribution is -0.140. The lowest BCUT2D eigenvalue weighted by atomic mass is 10.2. The Bertz CT molecular complexity index is 1650. The molecule has 0 spiro atoms. The number of thiazole rings is 1. The summed E-state index contributed by atoms with van der Waals surface area (Å²) in [6, 6.07) is 7.66. The zero-order valence-corrected chi connectivity index (χ0v) is 24.3. The van der Waals surface area contributed by atoms with Gasteiger partial charge in [0.15, 0.2) is 10.8 Å². The van der Waals surface area contributed by atoms with Crippen LogP contribution in [0, 0.1) is 0 Å². The van der Waals surface area contributed by atoms with Crippen LogP contribution in [0.5, 0.6) is 5.75 Å². The summed E-state index contributed by atoms with van der Waals surface area (Å²) in [6.07, 6.45) is -8.47. The topological polar surface area (TPSA) is 99.3 Å². The third-order valence-corrected chi connectivity index (χ3v) is 7.64. The predicted octanol–water partition coefficient (Wildman–Crippen LogP) is 5.03. The normalized spacial score (nSPS) is 14.4. The summed E-state index contributed by atoms with van der Waals surface area (Å²) in [5, 5.41) is 12.3. The van der Waals surface area contributed by atoms with Crippen molar-refractivity contribution in [2.75, 3.05) is 30.5 Å². The number of fused-ring (bicyclic) bond motifs is 1. The number of rotatable bonds is 10. The maximum Gasteiger partial charge on any atom is 0.434 e. The number of benzene rings is 1. The molecule has 0 amide bonds. The Hall–Kier alpha value is -4.12. The van der Waals surface area contributed by atoms with Gasteiger partial charge in [-0.05, 0) is 30.7 Å². The Morgan fingerprint density at radius 3 is 2.50 bits per heavy atom. The highest BCUT2D eigenvalue weighted by molar-refractivity contribution is 7.13. The van der Waals surface area contributed by atoms with Gasteiger partial charge in [-0.2, -0.15) is 36.5 Å². The molecule has 236 valence electrons. The van der Waals surface area contributed by atoms with Crippen molar-refractivity contribution in [3.8, 4) is 5.75 Å². The first-order valence-corrected chi connectivity index (χ1v) is 14.2. The van der Waals surface area contributed by atoms with Gasteiger partial charge in [0.05, 0.1) is 63.2 Å². The van der Waals surface area contributed by atoms with E-state index in [9.17, 15) is 31.1 Å². The average Bonchev–Trinajstić information content (AvgIpc) is 3.61. The molecule has 1 aliphatic rings. The van der Waals surface area contributed by atoms with Crippen molar-refractivity contribution in [1.82, 2.24) is 24.5 Å². The summed E-state index contributed by atoms with van der Waals surface area (Å²) in [6.45, 7) is 2.65. The van der Waals surface area contributed by atoms with Crippen molar-refractivity contribution in [1.29, 1.82) is 0 Å². The van der Waals surface area contributed by atoms with Crippen molar-refractivity contribution in [3.63, 3.8) is 0 Å². The van der Waals surface area contributed by atoms with E-state index < -0.39 is 40.9 Å². The number of methoxy groups -OCH3 is 1. The van der Waals surface area contributed by atoms with Crippen LogP contribution in [0.4, 0.5) is 37.2 Å². The molecule has 0 fully saturated rings. The van der Waals surface area contributed by atoms with E-state index >= 15 is 0 Å². The average molecular weight is 644 g/mol. The lowest BCUT2D eigenvalue weighted by Gasteiger charge is -2.27. The fourth-order valence-corrected chi connectivity index (χ4v) is 5.49. The number of hydrogen-bond donors (Lipinski definition) is 1. The first-order chi connectivity index (χ1) is 20.8. The molecule has 0 radical (unpaired) electrons. The molecule has 1 unspecified atom stereocenters. The highest BCUT2D eigenvalue weighted by Gasteiger charge is 2.38. The van der Waals surface area contributed by atoms with Crippen LogP contribution < -0.4 is 20.5 Å². The minimum absolute atomic E-state index is 0.0140. The molecule has 0 saturated carbocycles. The van der Waals surface area contributed by atoms with Crippen molar-refractivity contribution in [2.24, 2.45) is 0 Å². The highest BCUT2D eigenvalue weighted by Crippen LogP contribution is 2.34. The Kier molecular flexibility index (Phi) is 8.88. The quantitative estimate of drug-likeness (QED) is 0.241. The number of alkyl halides is 6. The van der Waals surface area contributed by atoms with E-state index in [-0.39, 0.29) is 24.9 Å². The van der Waals surface area contributed by atoms with Crippen LogP contribution in [-0.4, -0.2) is 50.8 Å². The Morgan fingerprint density at radius 1 is 1.09 bits per heavy atom. The van der Waals surface area contributed by atoms with Gasteiger partial charge in [-0.3, -0.25) is 9.48 Å². The highest BCUT2D eigenvalue weighted by atomic mass is 32.1. The van der Waals surface area contributed by atoms with Crippen LogP contribution in [-0.2, 0) is 43.3 Å². The smallest absolute Gasteiger partial charge is 0.434 e. The molecule has 1 aliphatic heterocycles. The first kappa shape index (κ1) is 31.3. The van der Waals surface area contributed by atoms with Gasteiger partial charge in [0, 0.05) is 18.0 Å². The van der Waals surface area contributed by atoms with E-state index in [1.807, 2.05) is 0 Å². The molecule has 1 aromatic carbocycles. The molecule has 3 aromatic heterocycles. The standard InChI is InChI=1S/C27H27F6N7O3S/c1-16(35-21-10-34-40(24(41)23(21)27(31,32)33)11-17-3-5-20(42-2)6-4-17)13-43-14-18-9-19-12-38(7-8-39(19)37-18)25-36-22(15-44-25)26(28,29)30/h3-6,9-10,15-16,35H,7-8,11-14H2,1-2H3. The van der Waals surface area contributed by atoms with E-state index in [0.717, 1.165) is 33.3 Å². The number of aromatic nitrogens is 5. The molecule has 17 heteroatoms. The predicted molar refractivity (Wildman–Crippen MR) is 149 cm³/mol. The molecule has 1 N–H and O–H groups in total. The van der Waals surface area contributed by atoms with Crippen molar-refractivity contribution in [2.45, 2.75) is 51.6 Å². The molecule has 4 aromatic rings. The fourth-order valence-electron chi connectivity index (χ4n) is 4.64. The molecule has 0 bridgehead atoms. The van der Waals surface area contributed by atoms with Crippen LogP contribution in [0.2, 0.25) is 0 Å². The molecule has 10 nitrogen and oxygen atoms in total. The maximum atomic E-state index is 14.0. The van der Waals surface area contributed by atoms with E-state index in [1.54, 1.807) is 46.8 Å². The number of nitrogens with zero attached hydrogens (tertiary/aromatic N) is 6. The van der Waals surface area contributed by atoms with Gasteiger partial charge in [0.25, 0.3) is 5.56 Å². The van der Waals surface area contributed by atoms with Gasteiger partial charge in [-0.15, -0.1) is 11.3 Å². The van der Waals surface area contributed by atoms with Gasteiger partial charge in [0.2, 0.25) is 0 Å². The van der Waals surface area contributed by atoms with Crippen LogP contribution in [0.15, 0.2) is 46.7 Å². The van der Waals surface area contributed by atoms with Gasteiger partial charge in [0.1, 0.15) is 11.3 Å². The first-order valence-electron chi connectivity index (χ1n) is 13.3. The van der Waals surface area contributed by atoms with Crippen LogP contribution in [0.25, 0.3) is 0 Å². The second kappa shape index (κ2) is 12.5. The monoisotopic (exact) mass is 643 g/mol. The van der Waals surface area contributed by atoms with Gasteiger partial charge in [-0.1, -0.05) is 12.1 Å². The van der Waals surface area contributed by atoms with Crippen molar-refractivity contribution >= 4 is 22.2 Å². The Balaban J connectivity index is 1.18. The minimum atomic E-state index is -4.93. The zero-order chi connectivity index (χ0) is 31.6. The largest absolute Gasteiger partial charge is 0.497 e. The van der Waals surface area contributed by atoms with E-state index in [2.05, 4.69) is 20.5 Å². The molecule has 4 heterocycles. The van der Waals surface area contributed by atoms with E-state index in [4.69, 9.17) is 9.47 Å². The summed E-state index contributed by atoms with van der Waals surface area (Å²) in [5.74, 6) is 0.567. The van der Waals surface area contributed by atoms with Crippen molar-refractivity contribution in [3.05, 3.63) is 80.5 Å². The van der Waals surface area contributed by atoms with Gasteiger partial charge >= 0.3 is 12.4 Å². The molecule has 0 saturated heterocycles. The molecule has 0 aliphatic carbocycles. The molecule has 44 heavy (non-hydrogen) atoms. The number of nitrogens with one attached hydrogen (secondary N) is 1. The maximum absolute atomic E-state index is 14.0. The second-order valence-corrected chi connectivity index (χ2v) is 10.9. The number of ether oxygens (including phenoxy) is 2. The zero-order valence-electron chi connectivity index (χ0n) is 23.4. The SMILES string of the molecule is COc1ccc(Cn2ncc(NC(C)COCc3cc4n(n3)CCN(c3nc(C(F)(F)F)cs3)C4)c(C(F)(F)F)c2=O)cc1.